The second kappa shape index (κ2) is 14.2. The van der Waals surface area contributed by atoms with Crippen LogP contribution in [0.25, 0.3) is 0 Å². The van der Waals surface area contributed by atoms with Crippen molar-refractivity contribution in [2.45, 2.75) is 52.7 Å². The first kappa shape index (κ1) is 26.2. The third-order valence-electron chi connectivity index (χ3n) is 4.54. The molecule has 1 heterocycles. The van der Waals surface area contributed by atoms with E-state index < -0.39 is 0 Å². The average Bonchev–Trinajstić information content (AvgIpc) is 3.21. The van der Waals surface area contributed by atoms with Crippen LogP contribution in [-0.4, -0.2) is 42.9 Å². The van der Waals surface area contributed by atoms with Crippen molar-refractivity contribution in [3.8, 4) is 5.75 Å². The number of aromatic nitrogens is 2. The number of halogens is 1. The number of nitrogens with zero attached hydrogens (tertiary/aromatic N) is 3. The molecule has 0 amide bonds. The van der Waals surface area contributed by atoms with Crippen molar-refractivity contribution in [2.24, 2.45) is 4.99 Å². The van der Waals surface area contributed by atoms with E-state index in [-0.39, 0.29) is 30.1 Å². The third kappa shape index (κ3) is 8.47. The molecule has 1 aromatic carbocycles. The van der Waals surface area contributed by atoms with Gasteiger partial charge >= 0.3 is 0 Å². The van der Waals surface area contributed by atoms with E-state index in [0.29, 0.717) is 30.8 Å². The Hall–Kier alpha value is -1.88. The fraction of sp³-hybridized carbons (Fsp3) is 0.571. The Morgan fingerprint density at radius 1 is 1.17 bits per heavy atom. The van der Waals surface area contributed by atoms with Crippen LogP contribution in [0.4, 0.5) is 0 Å². The molecule has 2 N–H and O–H groups in total. The highest BCUT2D eigenvalue weighted by Crippen LogP contribution is 2.21. The first-order chi connectivity index (χ1) is 14.1. The summed E-state index contributed by atoms with van der Waals surface area (Å²) in [5.74, 6) is 3.04. The second-order valence-corrected chi connectivity index (χ2v) is 6.73. The minimum Gasteiger partial charge on any atom is -0.497 e. The maximum atomic E-state index is 5.48. The molecule has 8 nitrogen and oxygen atoms in total. The average molecular weight is 531 g/mol. The van der Waals surface area contributed by atoms with E-state index in [1.165, 1.54) is 5.56 Å². The maximum Gasteiger partial charge on any atom is 0.248 e. The Balaban J connectivity index is 0.00000450. The molecule has 2 aromatic rings. The van der Waals surface area contributed by atoms with Crippen molar-refractivity contribution in [2.75, 3.05) is 26.8 Å². The van der Waals surface area contributed by atoms with Gasteiger partial charge in [0, 0.05) is 19.7 Å². The summed E-state index contributed by atoms with van der Waals surface area (Å²) in [7, 11) is 1.68. The van der Waals surface area contributed by atoms with Gasteiger partial charge in [-0.15, -0.1) is 24.0 Å². The lowest BCUT2D eigenvalue weighted by Gasteiger charge is -2.15. The molecule has 0 fully saturated rings. The second-order valence-electron chi connectivity index (χ2n) is 6.73. The summed E-state index contributed by atoms with van der Waals surface area (Å²) in [6, 6.07) is 8.21. The molecule has 168 valence electrons. The Morgan fingerprint density at radius 2 is 1.90 bits per heavy atom. The molecular formula is C21H34IN5O3. The molecule has 0 saturated carbocycles. The monoisotopic (exact) mass is 531 g/mol. The lowest BCUT2D eigenvalue weighted by molar-refractivity contribution is 0.0683. The summed E-state index contributed by atoms with van der Waals surface area (Å²) >= 11 is 0. The van der Waals surface area contributed by atoms with Gasteiger partial charge in [-0.05, 0) is 50.8 Å². The number of hydrogen-bond acceptors (Lipinski definition) is 6. The van der Waals surface area contributed by atoms with E-state index in [1.54, 1.807) is 7.11 Å². The van der Waals surface area contributed by atoms with Crippen LogP contribution in [0, 0.1) is 0 Å². The first-order valence-corrected chi connectivity index (χ1v) is 10.2. The number of ether oxygens (including phenoxy) is 2. The molecule has 0 radical (unpaired) electrons. The predicted molar refractivity (Wildman–Crippen MR) is 129 cm³/mol. The van der Waals surface area contributed by atoms with Crippen LogP contribution in [0.3, 0.4) is 0 Å². The molecule has 0 saturated heterocycles. The van der Waals surface area contributed by atoms with Gasteiger partial charge in [-0.1, -0.05) is 24.2 Å². The number of nitrogens with one attached hydrogen (secondary N) is 2. The molecule has 2 atom stereocenters. The number of hydrogen-bond donors (Lipinski definition) is 2. The Bertz CT molecular complexity index is 751. The summed E-state index contributed by atoms with van der Waals surface area (Å²) in [5, 5.41) is 10.6. The molecule has 0 aliphatic rings. The largest absolute Gasteiger partial charge is 0.497 e. The van der Waals surface area contributed by atoms with E-state index in [2.05, 4.69) is 44.8 Å². The fourth-order valence-corrected chi connectivity index (χ4v) is 2.82. The lowest BCUT2D eigenvalue weighted by atomic mass is 9.98. The number of methoxy groups -OCH3 is 1. The summed E-state index contributed by atoms with van der Waals surface area (Å²) in [5.41, 5.74) is 1.29. The van der Waals surface area contributed by atoms with Gasteiger partial charge in [0.15, 0.2) is 11.8 Å². The van der Waals surface area contributed by atoms with Gasteiger partial charge < -0.3 is 24.6 Å². The van der Waals surface area contributed by atoms with Crippen LogP contribution in [-0.2, 0) is 11.3 Å². The van der Waals surface area contributed by atoms with E-state index >= 15 is 0 Å². The van der Waals surface area contributed by atoms with Gasteiger partial charge in [0.25, 0.3) is 0 Å². The number of guanidine groups is 1. The van der Waals surface area contributed by atoms with Gasteiger partial charge in [-0.25, -0.2) is 4.99 Å². The fourth-order valence-electron chi connectivity index (χ4n) is 2.82. The van der Waals surface area contributed by atoms with E-state index in [9.17, 15) is 0 Å². The van der Waals surface area contributed by atoms with Crippen LogP contribution in [0.15, 0.2) is 33.8 Å². The van der Waals surface area contributed by atoms with Crippen LogP contribution in [0.1, 0.15) is 63.4 Å². The summed E-state index contributed by atoms with van der Waals surface area (Å²) in [4.78, 5) is 8.88. The van der Waals surface area contributed by atoms with Crippen molar-refractivity contribution in [3.63, 3.8) is 0 Å². The van der Waals surface area contributed by atoms with E-state index in [0.717, 1.165) is 31.2 Å². The highest BCUT2D eigenvalue weighted by atomic mass is 127. The first-order valence-electron chi connectivity index (χ1n) is 10.2. The Morgan fingerprint density at radius 3 is 2.53 bits per heavy atom. The zero-order valence-electron chi connectivity index (χ0n) is 18.5. The Kier molecular flexibility index (Phi) is 12.4. The van der Waals surface area contributed by atoms with E-state index in [4.69, 9.17) is 14.0 Å². The molecule has 2 rings (SSSR count). The normalized spacial score (nSPS) is 13.3. The molecular weight excluding hydrogens is 497 g/mol. The summed E-state index contributed by atoms with van der Waals surface area (Å²) in [6.45, 7) is 10.6. The van der Waals surface area contributed by atoms with Gasteiger partial charge in [-0.3, -0.25) is 0 Å². The highest BCUT2D eigenvalue weighted by molar-refractivity contribution is 14.0. The van der Waals surface area contributed by atoms with Crippen LogP contribution < -0.4 is 15.4 Å². The van der Waals surface area contributed by atoms with Gasteiger partial charge in [0.1, 0.15) is 18.4 Å². The molecule has 30 heavy (non-hydrogen) atoms. The van der Waals surface area contributed by atoms with Crippen molar-refractivity contribution in [1.82, 2.24) is 20.8 Å². The van der Waals surface area contributed by atoms with Crippen molar-refractivity contribution in [1.29, 1.82) is 0 Å². The minimum absolute atomic E-state index is 0. The van der Waals surface area contributed by atoms with Gasteiger partial charge in [-0.2, -0.15) is 4.98 Å². The molecule has 0 aliphatic carbocycles. The summed E-state index contributed by atoms with van der Waals surface area (Å²) in [6.07, 6.45) is 0.792. The quantitative estimate of drug-likeness (QED) is 0.257. The van der Waals surface area contributed by atoms with Crippen LogP contribution >= 0.6 is 24.0 Å². The smallest absolute Gasteiger partial charge is 0.248 e. The number of rotatable bonds is 11. The third-order valence-corrected chi connectivity index (χ3v) is 4.54. The van der Waals surface area contributed by atoms with Crippen molar-refractivity contribution in [3.05, 3.63) is 41.5 Å². The lowest BCUT2D eigenvalue weighted by Crippen LogP contribution is -2.38. The number of aliphatic imine (C=N–C) groups is 1. The maximum absolute atomic E-state index is 5.48. The molecule has 2 unspecified atom stereocenters. The molecule has 0 bridgehead atoms. The molecule has 9 heteroatoms. The highest BCUT2D eigenvalue weighted by Gasteiger charge is 2.13. The molecule has 0 aliphatic heterocycles. The Labute approximate surface area is 196 Å². The standard InChI is InChI=1S/C21H33N5O3.HI/c1-6-22-21(24-14-19-25-20(26-29-19)16(4)28-7-2)23-13-12-15(3)17-8-10-18(27-5)11-9-17;/h8-11,15-16H,6-7,12-14H2,1-5H3,(H2,22,23,24);1H. The van der Waals surface area contributed by atoms with E-state index in [1.807, 2.05) is 32.9 Å². The number of benzene rings is 1. The zero-order valence-corrected chi connectivity index (χ0v) is 20.8. The summed E-state index contributed by atoms with van der Waals surface area (Å²) < 4.78 is 16.0. The van der Waals surface area contributed by atoms with Crippen molar-refractivity contribution < 1.29 is 14.0 Å². The van der Waals surface area contributed by atoms with Crippen LogP contribution in [0.5, 0.6) is 5.75 Å². The van der Waals surface area contributed by atoms with Crippen molar-refractivity contribution >= 4 is 29.9 Å². The predicted octanol–water partition coefficient (Wildman–Crippen LogP) is 4.04. The van der Waals surface area contributed by atoms with Crippen LogP contribution in [0.2, 0.25) is 0 Å². The zero-order chi connectivity index (χ0) is 21.1. The SMILES string of the molecule is CCNC(=NCc1nc(C(C)OCC)no1)NCCC(C)c1ccc(OC)cc1.I. The topological polar surface area (TPSA) is 93.8 Å². The van der Waals surface area contributed by atoms with Gasteiger partial charge in [0.05, 0.1) is 7.11 Å². The minimum atomic E-state index is -0.188. The van der Waals surface area contributed by atoms with Gasteiger partial charge in [0.2, 0.25) is 5.89 Å². The molecule has 1 aromatic heterocycles. The molecule has 0 spiro atoms.